The van der Waals surface area contributed by atoms with E-state index in [1.54, 1.807) is 36.6 Å². The number of benzene rings is 1. The second-order valence-electron chi connectivity index (χ2n) is 5.31. The van der Waals surface area contributed by atoms with E-state index in [1.165, 1.54) is 27.8 Å². The summed E-state index contributed by atoms with van der Waals surface area (Å²) < 4.78 is 6.40. The molecule has 0 aliphatic heterocycles. The molecule has 0 atom stereocenters. The first-order valence-electron chi connectivity index (χ1n) is 8.12. The highest BCUT2D eigenvalue weighted by Crippen LogP contribution is 2.21. The van der Waals surface area contributed by atoms with Crippen molar-refractivity contribution in [1.29, 1.82) is 0 Å². The van der Waals surface area contributed by atoms with Crippen molar-refractivity contribution in [3.05, 3.63) is 40.4 Å². The summed E-state index contributed by atoms with van der Waals surface area (Å²) in [5.41, 5.74) is 1.29. The largest absolute Gasteiger partial charge is 0.466 e. The van der Waals surface area contributed by atoms with Gasteiger partial charge in [0.2, 0.25) is 11.1 Å². The third-order valence-electron chi connectivity index (χ3n) is 3.27. The van der Waals surface area contributed by atoms with Gasteiger partial charge in [-0.15, -0.1) is 16.4 Å². The smallest absolute Gasteiger partial charge is 0.311 e. The van der Waals surface area contributed by atoms with Gasteiger partial charge in [0.25, 0.3) is 0 Å². The van der Waals surface area contributed by atoms with Gasteiger partial charge in [-0.1, -0.05) is 23.4 Å². The van der Waals surface area contributed by atoms with E-state index in [9.17, 15) is 9.59 Å². The molecule has 0 aliphatic carbocycles. The SMILES string of the molecule is CCOC(=O)Cc1csc(NC(=O)CSc2nnnn2-c2ccc(Cl)cc2)n1. The Balaban J connectivity index is 1.54. The molecule has 1 N–H and O–H groups in total. The van der Waals surface area contributed by atoms with E-state index in [1.807, 2.05) is 0 Å². The number of anilines is 1. The molecule has 146 valence electrons. The molecule has 0 saturated carbocycles. The lowest BCUT2D eigenvalue weighted by atomic mass is 10.3. The van der Waals surface area contributed by atoms with Gasteiger partial charge < -0.3 is 10.1 Å². The summed E-state index contributed by atoms with van der Waals surface area (Å²) in [4.78, 5) is 27.9. The van der Waals surface area contributed by atoms with E-state index < -0.39 is 0 Å². The zero-order valence-electron chi connectivity index (χ0n) is 14.7. The van der Waals surface area contributed by atoms with Gasteiger partial charge in [-0.3, -0.25) is 9.59 Å². The van der Waals surface area contributed by atoms with Gasteiger partial charge >= 0.3 is 5.97 Å². The van der Waals surface area contributed by atoms with E-state index in [4.69, 9.17) is 16.3 Å². The van der Waals surface area contributed by atoms with Crippen molar-refractivity contribution in [3.63, 3.8) is 0 Å². The van der Waals surface area contributed by atoms with Crippen molar-refractivity contribution in [1.82, 2.24) is 25.2 Å². The van der Waals surface area contributed by atoms with Gasteiger partial charge in [-0.2, -0.15) is 4.68 Å². The van der Waals surface area contributed by atoms with Gasteiger partial charge in [-0.25, -0.2) is 4.98 Å². The fraction of sp³-hybridized carbons (Fsp3) is 0.250. The average molecular weight is 439 g/mol. The zero-order chi connectivity index (χ0) is 19.9. The molecule has 2 heterocycles. The summed E-state index contributed by atoms with van der Waals surface area (Å²) in [7, 11) is 0. The molecule has 0 unspecified atom stereocenters. The number of thioether (sulfide) groups is 1. The predicted molar refractivity (Wildman–Crippen MR) is 106 cm³/mol. The van der Waals surface area contributed by atoms with Gasteiger partial charge in [-0.05, 0) is 41.6 Å². The normalized spacial score (nSPS) is 10.6. The zero-order valence-corrected chi connectivity index (χ0v) is 17.1. The van der Waals surface area contributed by atoms with Gasteiger partial charge in [0.05, 0.1) is 30.2 Å². The van der Waals surface area contributed by atoms with E-state index in [0.29, 0.717) is 27.6 Å². The molecule has 12 heteroatoms. The Bertz CT molecular complexity index is 959. The lowest BCUT2D eigenvalue weighted by molar-refractivity contribution is -0.142. The topological polar surface area (TPSA) is 112 Å². The van der Waals surface area contributed by atoms with Gasteiger partial charge in [0.1, 0.15) is 0 Å². The monoisotopic (exact) mass is 438 g/mol. The Morgan fingerprint density at radius 1 is 1.32 bits per heavy atom. The summed E-state index contributed by atoms with van der Waals surface area (Å²) in [6.45, 7) is 2.06. The summed E-state index contributed by atoms with van der Waals surface area (Å²) >= 11 is 8.32. The number of esters is 1. The van der Waals surface area contributed by atoms with Crippen LogP contribution in [0.2, 0.25) is 5.02 Å². The third-order valence-corrected chi connectivity index (χ3v) is 5.25. The second kappa shape index (κ2) is 9.62. The average Bonchev–Trinajstić information content (AvgIpc) is 3.30. The van der Waals surface area contributed by atoms with Crippen molar-refractivity contribution < 1.29 is 14.3 Å². The second-order valence-corrected chi connectivity index (χ2v) is 7.55. The molecule has 0 aliphatic rings. The number of rotatable bonds is 8. The Hall–Kier alpha value is -2.50. The Kier molecular flexibility index (Phi) is 6.95. The molecule has 28 heavy (non-hydrogen) atoms. The highest BCUT2D eigenvalue weighted by Gasteiger charge is 2.14. The molecule has 1 aromatic carbocycles. The van der Waals surface area contributed by atoms with E-state index >= 15 is 0 Å². The summed E-state index contributed by atoms with van der Waals surface area (Å²) in [6, 6.07) is 7.03. The fourth-order valence-corrected chi connectivity index (χ4v) is 3.65. The maximum Gasteiger partial charge on any atom is 0.311 e. The number of ether oxygens (including phenoxy) is 1. The van der Waals surface area contributed by atoms with Crippen LogP contribution in [0.25, 0.3) is 5.69 Å². The lowest BCUT2D eigenvalue weighted by Gasteiger charge is -2.04. The number of hydrogen-bond acceptors (Lipinski definition) is 9. The number of halogens is 1. The van der Waals surface area contributed by atoms with Gasteiger partial charge in [0.15, 0.2) is 5.13 Å². The van der Waals surface area contributed by atoms with Crippen LogP contribution in [-0.4, -0.2) is 49.4 Å². The molecule has 3 rings (SSSR count). The number of carbonyl (C=O) groups is 2. The summed E-state index contributed by atoms with van der Waals surface area (Å²) in [6.07, 6.45) is 0.0742. The number of tetrazole rings is 1. The number of carbonyl (C=O) groups excluding carboxylic acids is 2. The van der Waals surface area contributed by atoms with Crippen molar-refractivity contribution in [3.8, 4) is 5.69 Å². The predicted octanol–water partition coefficient (Wildman–Crippen LogP) is 2.61. The fourth-order valence-electron chi connectivity index (χ4n) is 2.10. The van der Waals surface area contributed by atoms with E-state index in [2.05, 4.69) is 25.8 Å². The molecule has 1 amide bonds. The first kappa shape index (κ1) is 20.2. The molecule has 0 radical (unpaired) electrons. The molecular formula is C16H15ClN6O3S2. The number of nitrogens with zero attached hydrogens (tertiary/aromatic N) is 5. The van der Waals surface area contributed by atoms with Crippen LogP contribution >= 0.6 is 34.7 Å². The Labute approximate surface area is 173 Å². The van der Waals surface area contributed by atoms with E-state index in [0.717, 1.165) is 5.69 Å². The maximum absolute atomic E-state index is 12.2. The van der Waals surface area contributed by atoms with Crippen LogP contribution in [0.4, 0.5) is 5.13 Å². The molecule has 2 aromatic heterocycles. The van der Waals surface area contributed by atoms with Crippen molar-refractivity contribution in [2.45, 2.75) is 18.5 Å². The Morgan fingerprint density at radius 2 is 2.11 bits per heavy atom. The number of aromatic nitrogens is 5. The van der Waals surface area contributed by atoms with Crippen LogP contribution in [0, 0.1) is 0 Å². The molecule has 0 fully saturated rings. The van der Waals surface area contributed by atoms with Crippen LogP contribution in [-0.2, 0) is 20.7 Å². The van der Waals surface area contributed by atoms with Crippen molar-refractivity contribution in [2.24, 2.45) is 0 Å². The lowest BCUT2D eigenvalue weighted by Crippen LogP contribution is -2.15. The number of hydrogen-bond donors (Lipinski definition) is 1. The van der Waals surface area contributed by atoms with E-state index in [-0.39, 0.29) is 24.1 Å². The third kappa shape index (κ3) is 5.50. The molecule has 0 spiro atoms. The highest BCUT2D eigenvalue weighted by atomic mass is 35.5. The number of nitrogens with one attached hydrogen (secondary N) is 1. The van der Waals surface area contributed by atoms with Gasteiger partial charge in [0, 0.05) is 10.4 Å². The molecule has 0 bridgehead atoms. The van der Waals surface area contributed by atoms with Crippen LogP contribution in [0.1, 0.15) is 12.6 Å². The summed E-state index contributed by atoms with van der Waals surface area (Å²) in [5.74, 6) is -0.510. The highest BCUT2D eigenvalue weighted by molar-refractivity contribution is 7.99. The van der Waals surface area contributed by atoms with Crippen molar-refractivity contribution >= 4 is 51.7 Å². The quantitative estimate of drug-likeness (QED) is 0.422. The van der Waals surface area contributed by atoms with Crippen molar-refractivity contribution in [2.75, 3.05) is 17.7 Å². The minimum absolute atomic E-state index is 0.0742. The minimum atomic E-state index is -0.352. The first-order valence-corrected chi connectivity index (χ1v) is 10.4. The number of thiazole rings is 1. The Morgan fingerprint density at radius 3 is 2.86 bits per heavy atom. The van der Waals surface area contributed by atoms with Crippen LogP contribution in [0.5, 0.6) is 0 Å². The molecule has 0 saturated heterocycles. The molecule has 3 aromatic rings. The maximum atomic E-state index is 12.2. The summed E-state index contributed by atoms with van der Waals surface area (Å²) in [5, 5.41) is 17.4. The number of amides is 1. The molecule has 9 nitrogen and oxygen atoms in total. The van der Waals surface area contributed by atoms with Crippen LogP contribution in [0.15, 0.2) is 34.8 Å². The minimum Gasteiger partial charge on any atom is -0.466 e. The first-order chi connectivity index (χ1) is 13.5. The standard InChI is InChI=1S/C16H15ClN6O3S2/c1-2-26-14(25)7-11-8-27-15(18-11)19-13(24)9-28-16-20-21-22-23(16)12-5-3-10(17)4-6-12/h3-6,8H,2,7,9H2,1H3,(H,18,19,24). The molecular weight excluding hydrogens is 424 g/mol. The van der Waals surface area contributed by atoms with Crippen LogP contribution < -0.4 is 5.32 Å². The van der Waals surface area contributed by atoms with Crippen LogP contribution in [0.3, 0.4) is 0 Å².